The zero-order chi connectivity index (χ0) is 14.7. The van der Waals surface area contributed by atoms with E-state index in [1.54, 1.807) is 6.20 Å². The first-order valence-electron chi connectivity index (χ1n) is 7.59. The second-order valence-corrected chi connectivity index (χ2v) is 5.73. The van der Waals surface area contributed by atoms with E-state index < -0.39 is 12.0 Å². The van der Waals surface area contributed by atoms with Gasteiger partial charge in [0.1, 0.15) is 6.04 Å². The van der Waals surface area contributed by atoms with Crippen LogP contribution >= 0.6 is 0 Å². The van der Waals surface area contributed by atoms with Gasteiger partial charge in [0.25, 0.3) is 0 Å². The van der Waals surface area contributed by atoms with E-state index in [1.807, 2.05) is 30.3 Å². The molecule has 1 fully saturated rings. The molecule has 4 heteroatoms. The molecule has 1 atom stereocenters. The predicted octanol–water partition coefficient (Wildman–Crippen LogP) is 3.68. The Bertz CT molecular complexity index is 630. The Balaban J connectivity index is 1.89. The fourth-order valence-corrected chi connectivity index (χ4v) is 3.24. The number of aromatic nitrogens is 1. The molecule has 4 nitrogen and oxygen atoms in total. The number of benzene rings is 1. The normalized spacial score (nSPS) is 17.5. The number of aliphatic carboxylic acids is 1. The number of para-hydroxylation sites is 1. The summed E-state index contributed by atoms with van der Waals surface area (Å²) in [6.07, 6.45) is 7.20. The molecule has 1 aromatic heterocycles. The quantitative estimate of drug-likeness (QED) is 0.899. The summed E-state index contributed by atoms with van der Waals surface area (Å²) in [5, 5.41) is 13.8. The zero-order valence-electron chi connectivity index (χ0n) is 12.0. The number of carbonyl (C=O) groups is 1. The van der Waals surface area contributed by atoms with Gasteiger partial charge in [-0.3, -0.25) is 4.98 Å². The Hall–Kier alpha value is -2.10. The monoisotopic (exact) mass is 284 g/mol. The molecule has 1 aliphatic rings. The van der Waals surface area contributed by atoms with Crippen molar-refractivity contribution in [1.82, 2.24) is 4.98 Å². The molecule has 0 spiro atoms. The molecule has 0 radical (unpaired) electrons. The maximum Gasteiger partial charge on any atom is 0.326 e. The molecular formula is C17H20N2O2. The van der Waals surface area contributed by atoms with E-state index in [2.05, 4.69) is 10.3 Å². The second-order valence-electron chi connectivity index (χ2n) is 5.73. The van der Waals surface area contributed by atoms with Gasteiger partial charge in [0.2, 0.25) is 0 Å². The van der Waals surface area contributed by atoms with Gasteiger partial charge in [-0.15, -0.1) is 0 Å². The minimum Gasteiger partial charge on any atom is -0.480 e. The maximum atomic E-state index is 11.7. The third kappa shape index (κ3) is 2.99. The van der Waals surface area contributed by atoms with Gasteiger partial charge in [0.05, 0.1) is 5.52 Å². The van der Waals surface area contributed by atoms with E-state index in [-0.39, 0.29) is 5.92 Å². The molecule has 1 saturated carbocycles. The molecule has 1 unspecified atom stereocenters. The highest BCUT2D eigenvalue weighted by atomic mass is 16.4. The van der Waals surface area contributed by atoms with Crippen LogP contribution in [0, 0.1) is 5.92 Å². The summed E-state index contributed by atoms with van der Waals surface area (Å²) in [4.78, 5) is 16.0. The van der Waals surface area contributed by atoms with Gasteiger partial charge in [0.15, 0.2) is 0 Å². The zero-order valence-corrected chi connectivity index (χ0v) is 12.0. The summed E-state index contributed by atoms with van der Waals surface area (Å²) < 4.78 is 0. The van der Waals surface area contributed by atoms with Gasteiger partial charge in [-0.05, 0) is 30.9 Å². The van der Waals surface area contributed by atoms with Crippen molar-refractivity contribution in [3.63, 3.8) is 0 Å². The van der Waals surface area contributed by atoms with Gasteiger partial charge in [0, 0.05) is 17.3 Å². The Morgan fingerprint density at radius 2 is 1.95 bits per heavy atom. The minimum absolute atomic E-state index is 0.211. The number of nitrogens with zero attached hydrogens (tertiary/aromatic N) is 1. The molecule has 0 bridgehead atoms. The highest BCUT2D eigenvalue weighted by Gasteiger charge is 2.29. The van der Waals surface area contributed by atoms with Gasteiger partial charge >= 0.3 is 5.97 Å². The molecule has 0 amide bonds. The molecule has 0 saturated heterocycles. The number of anilines is 1. The molecule has 21 heavy (non-hydrogen) atoms. The number of carboxylic acids is 1. The van der Waals surface area contributed by atoms with Crippen LogP contribution in [0.2, 0.25) is 0 Å². The summed E-state index contributed by atoms with van der Waals surface area (Å²) in [5.41, 5.74) is 1.74. The number of fused-ring (bicyclic) bond motifs is 1. The van der Waals surface area contributed by atoms with E-state index >= 15 is 0 Å². The largest absolute Gasteiger partial charge is 0.480 e. The number of rotatable bonds is 4. The first-order valence-corrected chi connectivity index (χ1v) is 7.59. The third-order valence-electron chi connectivity index (χ3n) is 4.35. The van der Waals surface area contributed by atoms with E-state index in [4.69, 9.17) is 0 Å². The summed E-state index contributed by atoms with van der Waals surface area (Å²) in [6, 6.07) is 9.15. The first-order chi connectivity index (χ1) is 10.3. The molecule has 2 N–H and O–H groups in total. The van der Waals surface area contributed by atoms with Crippen LogP contribution < -0.4 is 5.32 Å². The summed E-state index contributed by atoms with van der Waals surface area (Å²) >= 11 is 0. The smallest absolute Gasteiger partial charge is 0.326 e. The Morgan fingerprint density at radius 1 is 1.19 bits per heavy atom. The van der Waals surface area contributed by atoms with Crippen molar-refractivity contribution in [2.75, 3.05) is 5.32 Å². The van der Waals surface area contributed by atoms with E-state index in [0.717, 1.165) is 42.3 Å². The SMILES string of the molecule is O=C(O)C(Nc1ccnc2ccccc12)C1CCCCC1. The van der Waals surface area contributed by atoms with Gasteiger partial charge < -0.3 is 10.4 Å². The van der Waals surface area contributed by atoms with Crippen molar-refractivity contribution in [2.24, 2.45) is 5.92 Å². The van der Waals surface area contributed by atoms with E-state index in [1.165, 1.54) is 6.42 Å². The van der Waals surface area contributed by atoms with Crippen LogP contribution in [0.25, 0.3) is 10.9 Å². The van der Waals surface area contributed by atoms with Crippen LogP contribution in [0.4, 0.5) is 5.69 Å². The molecule has 0 aliphatic heterocycles. The van der Waals surface area contributed by atoms with Crippen LogP contribution in [-0.2, 0) is 4.79 Å². The third-order valence-corrected chi connectivity index (χ3v) is 4.35. The topological polar surface area (TPSA) is 62.2 Å². The van der Waals surface area contributed by atoms with Crippen molar-refractivity contribution in [3.05, 3.63) is 36.5 Å². The lowest BCUT2D eigenvalue weighted by Gasteiger charge is -2.29. The summed E-state index contributed by atoms with van der Waals surface area (Å²) in [6.45, 7) is 0. The Morgan fingerprint density at radius 3 is 2.71 bits per heavy atom. The number of pyridine rings is 1. The molecule has 1 aromatic carbocycles. The molecule has 1 heterocycles. The van der Waals surface area contributed by atoms with Crippen molar-refractivity contribution >= 4 is 22.6 Å². The van der Waals surface area contributed by atoms with Crippen LogP contribution in [0.1, 0.15) is 32.1 Å². The second kappa shape index (κ2) is 6.12. The fourth-order valence-electron chi connectivity index (χ4n) is 3.24. The Kier molecular flexibility index (Phi) is 4.04. The van der Waals surface area contributed by atoms with Crippen LogP contribution in [0.15, 0.2) is 36.5 Å². The van der Waals surface area contributed by atoms with Crippen LogP contribution in [-0.4, -0.2) is 22.1 Å². The number of carboxylic acid groups (broad SMARTS) is 1. The van der Waals surface area contributed by atoms with Gasteiger partial charge in [-0.1, -0.05) is 37.5 Å². The van der Waals surface area contributed by atoms with Crippen molar-refractivity contribution in [3.8, 4) is 0 Å². The van der Waals surface area contributed by atoms with E-state index in [9.17, 15) is 9.90 Å². The lowest BCUT2D eigenvalue weighted by Crippen LogP contribution is -2.38. The standard InChI is InChI=1S/C17H20N2O2/c20-17(21)16(12-6-2-1-3-7-12)19-15-10-11-18-14-9-5-4-8-13(14)15/h4-5,8-12,16H,1-3,6-7H2,(H,18,19)(H,20,21). The lowest BCUT2D eigenvalue weighted by molar-refractivity contribution is -0.139. The number of hydrogen-bond donors (Lipinski definition) is 2. The molecule has 110 valence electrons. The highest BCUT2D eigenvalue weighted by molar-refractivity contribution is 5.92. The number of nitrogens with one attached hydrogen (secondary N) is 1. The molecular weight excluding hydrogens is 264 g/mol. The van der Waals surface area contributed by atoms with Gasteiger partial charge in [-0.25, -0.2) is 4.79 Å². The van der Waals surface area contributed by atoms with Crippen molar-refractivity contribution < 1.29 is 9.90 Å². The number of hydrogen-bond acceptors (Lipinski definition) is 3. The molecule has 2 aromatic rings. The fraction of sp³-hybridized carbons (Fsp3) is 0.412. The molecule has 1 aliphatic carbocycles. The summed E-state index contributed by atoms with van der Waals surface area (Å²) in [7, 11) is 0. The average molecular weight is 284 g/mol. The Labute approximate surface area is 124 Å². The first kappa shape index (κ1) is 13.9. The average Bonchev–Trinajstić information content (AvgIpc) is 2.53. The van der Waals surface area contributed by atoms with Crippen LogP contribution in [0.3, 0.4) is 0 Å². The lowest BCUT2D eigenvalue weighted by atomic mass is 9.83. The van der Waals surface area contributed by atoms with E-state index in [0.29, 0.717) is 0 Å². The van der Waals surface area contributed by atoms with Crippen LogP contribution in [0.5, 0.6) is 0 Å². The predicted molar refractivity (Wildman–Crippen MR) is 83.4 cm³/mol. The summed E-state index contributed by atoms with van der Waals surface area (Å²) in [5.74, 6) is -0.550. The van der Waals surface area contributed by atoms with Crippen molar-refractivity contribution in [2.45, 2.75) is 38.1 Å². The maximum absolute atomic E-state index is 11.7. The van der Waals surface area contributed by atoms with Crippen molar-refractivity contribution in [1.29, 1.82) is 0 Å². The molecule has 3 rings (SSSR count). The highest BCUT2D eigenvalue weighted by Crippen LogP contribution is 2.30. The van der Waals surface area contributed by atoms with Gasteiger partial charge in [-0.2, -0.15) is 0 Å². The minimum atomic E-state index is -0.761.